The maximum Gasteiger partial charge on any atom is 0.174 e. The average Bonchev–Trinajstić information content (AvgIpc) is 2.47. The van der Waals surface area contributed by atoms with E-state index >= 15 is 0 Å². The summed E-state index contributed by atoms with van der Waals surface area (Å²) in [4.78, 5) is 23.4. The maximum absolute atomic E-state index is 12.2. The molecule has 3 rings (SSSR count). The molecule has 0 fully saturated rings. The normalized spacial score (nSPS) is 17.0. The molecule has 1 atom stereocenters. The number of aromatic hydroxyl groups is 2. The van der Waals surface area contributed by atoms with Gasteiger partial charge in [0.1, 0.15) is 28.9 Å². The number of fused-ring (bicyclic) bond motifs is 1. The van der Waals surface area contributed by atoms with Gasteiger partial charge in [0.15, 0.2) is 12.1 Å². The first-order valence-electron chi connectivity index (χ1n) is 6.40. The zero-order valence-electron chi connectivity index (χ0n) is 10.9. The Morgan fingerprint density at radius 1 is 1.14 bits per heavy atom. The van der Waals surface area contributed by atoms with Crippen molar-refractivity contribution < 1.29 is 24.5 Å². The summed E-state index contributed by atoms with van der Waals surface area (Å²) in [5.74, 6) is -1.19. The van der Waals surface area contributed by atoms with Crippen molar-refractivity contribution in [1.82, 2.24) is 0 Å². The fraction of sp³-hybridized carbons (Fsp3) is 0.125. The summed E-state index contributed by atoms with van der Waals surface area (Å²) in [6.07, 6.45) is -0.0758. The third kappa shape index (κ3) is 2.12. The number of ether oxygens (including phenoxy) is 1. The number of rotatable bonds is 2. The average molecular weight is 284 g/mol. The van der Waals surface area contributed by atoms with Crippen molar-refractivity contribution >= 4 is 12.1 Å². The van der Waals surface area contributed by atoms with Crippen molar-refractivity contribution in [2.75, 3.05) is 0 Å². The fourth-order valence-corrected chi connectivity index (χ4v) is 2.46. The molecular weight excluding hydrogens is 272 g/mol. The Kier molecular flexibility index (Phi) is 3.10. The van der Waals surface area contributed by atoms with Crippen LogP contribution in [0.2, 0.25) is 0 Å². The molecule has 0 spiro atoms. The van der Waals surface area contributed by atoms with Gasteiger partial charge < -0.3 is 14.9 Å². The van der Waals surface area contributed by atoms with Crippen LogP contribution >= 0.6 is 0 Å². The van der Waals surface area contributed by atoms with Crippen molar-refractivity contribution in [3.8, 4) is 17.2 Å². The number of aldehydes is 1. The van der Waals surface area contributed by atoms with Crippen molar-refractivity contribution in [3.63, 3.8) is 0 Å². The van der Waals surface area contributed by atoms with Gasteiger partial charge in [-0.15, -0.1) is 0 Å². The second-order valence-corrected chi connectivity index (χ2v) is 4.79. The summed E-state index contributed by atoms with van der Waals surface area (Å²) in [6.45, 7) is 0. The minimum absolute atomic E-state index is 0.0536. The van der Waals surface area contributed by atoms with Crippen LogP contribution < -0.4 is 4.74 Å². The monoisotopic (exact) mass is 284 g/mol. The highest BCUT2D eigenvalue weighted by Crippen LogP contribution is 2.44. The van der Waals surface area contributed by atoms with Crippen LogP contribution in [0.5, 0.6) is 17.2 Å². The Hall–Kier alpha value is -2.82. The SMILES string of the molecule is O=Cc1c(O)cc(O)c2c1OC(c1ccccc1)CC2=O. The van der Waals surface area contributed by atoms with Gasteiger partial charge in [0, 0.05) is 6.07 Å². The molecule has 0 amide bonds. The highest BCUT2D eigenvalue weighted by molar-refractivity contribution is 6.05. The molecule has 2 aromatic rings. The maximum atomic E-state index is 12.2. The molecule has 21 heavy (non-hydrogen) atoms. The molecule has 0 saturated heterocycles. The molecule has 0 radical (unpaired) electrons. The molecule has 0 aromatic heterocycles. The smallest absolute Gasteiger partial charge is 0.174 e. The first-order valence-corrected chi connectivity index (χ1v) is 6.40. The molecule has 1 aliphatic heterocycles. The molecule has 5 nitrogen and oxygen atoms in total. The molecule has 2 aromatic carbocycles. The summed E-state index contributed by atoms with van der Waals surface area (Å²) in [5.41, 5.74) is 0.607. The van der Waals surface area contributed by atoms with Gasteiger partial charge in [-0.25, -0.2) is 0 Å². The second kappa shape index (κ2) is 4.94. The van der Waals surface area contributed by atoms with E-state index in [4.69, 9.17) is 4.74 Å². The molecule has 1 aliphatic rings. The van der Waals surface area contributed by atoms with Crippen LogP contribution in [0.3, 0.4) is 0 Å². The minimum atomic E-state index is -0.550. The van der Waals surface area contributed by atoms with Crippen LogP contribution in [0, 0.1) is 0 Å². The van der Waals surface area contributed by atoms with Crippen molar-refractivity contribution in [3.05, 3.63) is 53.1 Å². The van der Waals surface area contributed by atoms with Crippen molar-refractivity contribution in [2.24, 2.45) is 0 Å². The standard InChI is InChI=1S/C16H12O5/c17-8-10-11(18)6-12(19)15-13(20)7-14(21-16(10)15)9-4-2-1-3-5-9/h1-6,8,14,18-19H,7H2. The Morgan fingerprint density at radius 3 is 2.52 bits per heavy atom. The molecular formula is C16H12O5. The zero-order valence-corrected chi connectivity index (χ0v) is 10.9. The predicted octanol–water partition coefficient (Wildman–Crippen LogP) is 2.62. The van der Waals surface area contributed by atoms with Gasteiger partial charge in [-0.05, 0) is 5.56 Å². The number of carbonyl (C=O) groups excluding carboxylic acids is 2. The first kappa shape index (κ1) is 13.2. The van der Waals surface area contributed by atoms with Gasteiger partial charge in [0.25, 0.3) is 0 Å². The van der Waals surface area contributed by atoms with E-state index in [0.29, 0.717) is 6.29 Å². The Morgan fingerprint density at radius 2 is 1.86 bits per heavy atom. The van der Waals surface area contributed by atoms with Gasteiger partial charge >= 0.3 is 0 Å². The summed E-state index contributed by atoms with van der Waals surface area (Å²) >= 11 is 0. The second-order valence-electron chi connectivity index (χ2n) is 4.79. The van der Waals surface area contributed by atoms with Crippen molar-refractivity contribution in [1.29, 1.82) is 0 Å². The molecule has 0 aliphatic carbocycles. The molecule has 1 unspecified atom stereocenters. The molecule has 1 heterocycles. The first-order chi connectivity index (χ1) is 10.1. The van der Waals surface area contributed by atoms with Crippen LogP contribution in [0.15, 0.2) is 36.4 Å². The summed E-state index contributed by atoms with van der Waals surface area (Å²) in [7, 11) is 0. The predicted molar refractivity (Wildman–Crippen MR) is 73.9 cm³/mol. The van der Waals surface area contributed by atoms with Crippen LogP contribution in [0.1, 0.15) is 38.8 Å². The molecule has 2 N–H and O–H groups in total. The minimum Gasteiger partial charge on any atom is -0.507 e. The van der Waals surface area contributed by atoms with Gasteiger partial charge in [0.2, 0.25) is 0 Å². The topological polar surface area (TPSA) is 83.8 Å². The number of ketones is 1. The van der Waals surface area contributed by atoms with Crippen LogP contribution in [-0.4, -0.2) is 22.3 Å². The van der Waals surface area contributed by atoms with Gasteiger partial charge in [-0.3, -0.25) is 9.59 Å². The number of benzene rings is 2. The van der Waals surface area contributed by atoms with E-state index in [1.165, 1.54) is 0 Å². The number of Topliss-reactive ketones (excluding diaryl/α,β-unsaturated/α-hetero) is 1. The third-order valence-electron chi connectivity index (χ3n) is 3.48. The van der Waals surface area contributed by atoms with E-state index in [0.717, 1.165) is 11.6 Å². The van der Waals surface area contributed by atoms with Crippen molar-refractivity contribution in [2.45, 2.75) is 12.5 Å². The lowest BCUT2D eigenvalue weighted by Gasteiger charge is -2.27. The molecule has 0 bridgehead atoms. The molecule has 106 valence electrons. The number of carbonyl (C=O) groups is 2. The quantitative estimate of drug-likeness (QED) is 0.828. The Bertz CT molecular complexity index is 721. The van der Waals surface area contributed by atoms with E-state index in [9.17, 15) is 19.8 Å². The van der Waals surface area contributed by atoms with Gasteiger partial charge in [0.05, 0.1) is 12.0 Å². The lowest BCUT2D eigenvalue weighted by atomic mass is 9.93. The van der Waals surface area contributed by atoms with E-state index < -0.39 is 11.9 Å². The zero-order chi connectivity index (χ0) is 15.0. The molecule has 5 heteroatoms. The highest BCUT2D eigenvalue weighted by Gasteiger charge is 2.33. The highest BCUT2D eigenvalue weighted by atomic mass is 16.5. The lowest BCUT2D eigenvalue weighted by molar-refractivity contribution is 0.0842. The van der Waals surface area contributed by atoms with E-state index in [2.05, 4.69) is 0 Å². The van der Waals surface area contributed by atoms with Gasteiger partial charge in [-0.1, -0.05) is 30.3 Å². The van der Waals surface area contributed by atoms with Gasteiger partial charge in [-0.2, -0.15) is 0 Å². The summed E-state index contributed by atoms with van der Waals surface area (Å²) < 4.78 is 5.70. The Labute approximate surface area is 120 Å². The largest absolute Gasteiger partial charge is 0.507 e. The van der Waals surface area contributed by atoms with E-state index in [1.807, 2.05) is 30.3 Å². The third-order valence-corrected chi connectivity index (χ3v) is 3.48. The number of phenolic OH excluding ortho intramolecular Hbond substituents is 2. The summed E-state index contributed by atoms with van der Waals surface area (Å²) in [6, 6.07) is 10.1. The van der Waals surface area contributed by atoms with Crippen LogP contribution in [0.25, 0.3) is 0 Å². The Balaban J connectivity index is 2.13. The number of hydrogen-bond donors (Lipinski definition) is 2. The van der Waals surface area contributed by atoms with Crippen LogP contribution in [0.4, 0.5) is 0 Å². The summed E-state index contributed by atoms with van der Waals surface area (Å²) in [5, 5.41) is 19.5. The number of hydrogen-bond acceptors (Lipinski definition) is 5. The fourth-order valence-electron chi connectivity index (χ4n) is 2.46. The van der Waals surface area contributed by atoms with Crippen LogP contribution in [-0.2, 0) is 0 Å². The van der Waals surface area contributed by atoms with E-state index in [1.54, 1.807) is 0 Å². The molecule has 0 saturated carbocycles. The van der Waals surface area contributed by atoms with E-state index in [-0.39, 0.29) is 34.8 Å². The lowest BCUT2D eigenvalue weighted by Crippen LogP contribution is -2.21. The number of phenols is 2.